The summed E-state index contributed by atoms with van der Waals surface area (Å²) in [4.78, 5) is 9.11. The highest BCUT2D eigenvalue weighted by molar-refractivity contribution is 5.89. The van der Waals surface area contributed by atoms with Crippen LogP contribution >= 0.6 is 0 Å². The predicted octanol–water partition coefficient (Wildman–Crippen LogP) is 3.13. The molecule has 0 amide bonds. The summed E-state index contributed by atoms with van der Waals surface area (Å²) in [6.45, 7) is 0. The van der Waals surface area contributed by atoms with Gasteiger partial charge in [0.2, 0.25) is 5.78 Å². The smallest absolute Gasteiger partial charge is 0.235 e. The Bertz CT molecular complexity index is 910. The topological polar surface area (TPSA) is 56.2 Å². The molecule has 0 saturated carbocycles. The monoisotopic (exact) mass is 260 g/mol. The number of nitrogen functional groups attached to an aromatic ring is 1. The van der Waals surface area contributed by atoms with Crippen LogP contribution in [-0.2, 0) is 0 Å². The van der Waals surface area contributed by atoms with Gasteiger partial charge in [-0.1, -0.05) is 42.5 Å². The first-order chi connectivity index (χ1) is 9.83. The molecule has 2 heterocycles. The fourth-order valence-corrected chi connectivity index (χ4v) is 2.40. The highest BCUT2D eigenvalue weighted by atomic mass is 15.1. The Labute approximate surface area is 115 Å². The normalized spacial score (nSPS) is 11.2. The van der Waals surface area contributed by atoms with Gasteiger partial charge in [-0.15, -0.1) is 0 Å². The lowest BCUT2D eigenvalue weighted by atomic mass is 10.2. The van der Waals surface area contributed by atoms with E-state index in [1.54, 1.807) is 0 Å². The second-order valence-corrected chi connectivity index (χ2v) is 4.68. The lowest BCUT2D eigenvalue weighted by molar-refractivity contribution is 1.24. The molecule has 4 rings (SSSR count). The van der Waals surface area contributed by atoms with E-state index >= 15 is 0 Å². The molecule has 2 aromatic carbocycles. The third-order valence-corrected chi connectivity index (χ3v) is 3.39. The molecule has 2 aromatic heterocycles. The zero-order chi connectivity index (χ0) is 13.5. The van der Waals surface area contributed by atoms with Gasteiger partial charge in [-0.25, -0.2) is 9.97 Å². The summed E-state index contributed by atoms with van der Waals surface area (Å²) in [6, 6.07) is 17.8. The van der Waals surface area contributed by atoms with Crippen molar-refractivity contribution in [2.75, 3.05) is 5.73 Å². The largest absolute Gasteiger partial charge is 0.397 e. The minimum atomic E-state index is 0.664. The van der Waals surface area contributed by atoms with E-state index in [4.69, 9.17) is 5.73 Å². The highest BCUT2D eigenvalue weighted by Gasteiger charge is 2.11. The summed E-state index contributed by atoms with van der Waals surface area (Å²) in [6.07, 6.45) is 2.00. The van der Waals surface area contributed by atoms with E-state index < -0.39 is 0 Å². The Morgan fingerprint density at radius 3 is 2.45 bits per heavy atom. The van der Waals surface area contributed by atoms with E-state index in [1.807, 2.05) is 65.2 Å². The van der Waals surface area contributed by atoms with Gasteiger partial charge in [0.15, 0.2) is 0 Å². The van der Waals surface area contributed by atoms with Crippen molar-refractivity contribution in [3.8, 4) is 11.3 Å². The molecule has 4 aromatic rings. The van der Waals surface area contributed by atoms with Crippen LogP contribution in [0.1, 0.15) is 0 Å². The van der Waals surface area contributed by atoms with Crippen molar-refractivity contribution in [3.05, 3.63) is 60.8 Å². The van der Waals surface area contributed by atoms with Crippen LogP contribution in [0.15, 0.2) is 60.8 Å². The van der Waals surface area contributed by atoms with Crippen molar-refractivity contribution in [1.29, 1.82) is 0 Å². The summed E-state index contributed by atoms with van der Waals surface area (Å²) < 4.78 is 1.98. The van der Waals surface area contributed by atoms with E-state index in [0.29, 0.717) is 11.5 Å². The molecule has 0 aliphatic carbocycles. The van der Waals surface area contributed by atoms with Gasteiger partial charge in [-0.05, 0) is 12.1 Å². The van der Waals surface area contributed by atoms with Gasteiger partial charge in [0, 0.05) is 11.8 Å². The molecule has 4 heteroatoms. The minimum Gasteiger partial charge on any atom is -0.397 e. The van der Waals surface area contributed by atoms with Gasteiger partial charge >= 0.3 is 0 Å². The van der Waals surface area contributed by atoms with Crippen LogP contribution in [0.25, 0.3) is 28.1 Å². The van der Waals surface area contributed by atoms with E-state index in [2.05, 4.69) is 9.97 Å². The van der Waals surface area contributed by atoms with Crippen LogP contribution in [0.2, 0.25) is 0 Å². The van der Waals surface area contributed by atoms with Crippen LogP contribution in [0.4, 0.5) is 5.69 Å². The third-order valence-electron chi connectivity index (χ3n) is 3.39. The van der Waals surface area contributed by atoms with Gasteiger partial charge in [0.25, 0.3) is 0 Å². The molecular weight excluding hydrogens is 248 g/mol. The number of hydrogen-bond acceptors (Lipinski definition) is 3. The van der Waals surface area contributed by atoms with Crippen molar-refractivity contribution in [2.24, 2.45) is 0 Å². The highest BCUT2D eigenvalue weighted by Crippen LogP contribution is 2.24. The number of benzene rings is 1. The van der Waals surface area contributed by atoms with Gasteiger partial charge in [-0.3, -0.25) is 4.40 Å². The Morgan fingerprint density at radius 2 is 1.60 bits per heavy atom. The molecule has 0 aliphatic rings. The first-order valence-electron chi connectivity index (χ1n) is 6.42. The number of anilines is 1. The second-order valence-electron chi connectivity index (χ2n) is 4.68. The first-order valence-corrected chi connectivity index (χ1v) is 6.42. The van der Waals surface area contributed by atoms with Crippen LogP contribution in [0.3, 0.4) is 0 Å². The van der Waals surface area contributed by atoms with Crippen molar-refractivity contribution in [2.45, 2.75) is 0 Å². The molecule has 20 heavy (non-hydrogen) atoms. The molecule has 0 bridgehead atoms. The van der Waals surface area contributed by atoms with Crippen molar-refractivity contribution in [1.82, 2.24) is 14.4 Å². The van der Waals surface area contributed by atoms with E-state index in [9.17, 15) is 0 Å². The molecule has 0 saturated heterocycles. The summed E-state index contributed by atoms with van der Waals surface area (Å²) in [5, 5.41) is 0. The third kappa shape index (κ3) is 1.55. The predicted molar refractivity (Wildman–Crippen MR) is 80.3 cm³/mol. The standard InChI is InChI=1S/C16H12N4/c17-12-8-4-5-9-14-15(12)19-16-18-13(10-20(14)16)11-6-2-1-3-7-11/h1-10H,17H2. The molecule has 0 aliphatic heterocycles. The van der Waals surface area contributed by atoms with Crippen LogP contribution < -0.4 is 5.73 Å². The van der Waals surface area contributed by atoms with Crippen LogP contribution in [-0.4, -0.2) is 14.4 Å². The van der Waals surface area contributed by atoms with E-state index in [-0.39, 0.29) is 0 Å². The number of nitrogens with two attached hydrogens (primary N) is 1. The van der Waals surface area contributed by atoms with Gasteiger partial charge in [0.05, 0.1) is 16.9 Å². The average Bonchev–Trinajstić information content (AvgIpc) is 2.97. The molecule has 0 radical (unpaired) electrons. The number of aromatic nitrogens is 3. The first kappa shape index (κ1) is 11.0. The van der Waals surface area contributed by atoms with Crippen molar-refractivity contribution < 1.29 is 0 Å². The average molecular weight is 260 g/mol. The van der Waals surface area contributed by atoms with Gasteiger partial charge in [0.1, 0.15) is 5.52 Å². The molecule has 0 unspecified atom stereocenters. The maximum atomic E-state index is 6.00. The zero-order valence-corrected chi connectivity index (χ0v) is 10.7. The lowest BCUT2D eigenvalue weighted by Crippen LogP contribution is -1.83. The molecule has 0 spiro atoms. The number of fused-ring (bicyclic) bond motifs is 3. The molecule has 2 N–H and O–H groups in total. The molecule has 4 nitrogen and oxygen atoms in total. The number of rotatable bonds is 1. The van der Waals surface area contributed by atoms with Crippen LogP contribution in [0, 0.1) is 0 Å². The van der Waals surface area contributed by atoms with E-state index in [1.165, 1.54) is 0 Å². The fraction of sp³-hybridized carbons (Fsp3) is 0. The minimum absolute atomic E-state index is 0.664. The summed E-state index contributed by atoms with van der Waals surface area (Å²) >= 11 is 0. The molecule has 0 atom stereocenters. The van der Waals surface area contributed by atoms with Crippen LogP contribution in [0.5, 0.6) is 0 Å². The Hall–Kier alpha value is -2.88. The number of nitrogens with zero attached hydrogens (tertiary/aromatic N) is 3. The lowest BCUT2D eigenvalue weighted by Gasteiger charge is -1.93. The van der Waals surface area contributed by atoms with E-state index in [0.717, 1.165) is 22.3 Å². The molecule has 0 fully saturated rings. The molecular formula is C16H12N4. The Balaban J connectivity index is 2.03. The molecule has 96 valence electrons. The number of hydrogen-bond donors (Lipinski definition) is 1. The summed E-state index contributed by atoms with van der Waals surface area (Å²) in [5.41, 5.74) is 10.4. The summed E-state index contributed by atoms with van der Waals surface area (Å²) in [5.74, 6) is 0.678. The Kier molecular flexibility index (Phi) is 2.23. The SMILES string of the molecule is Nc1ccccc2c1nc1nc(-c3ccccc3)cn12. The maximum absolute atomic E-state index is 6.00. The second kappa shape index (κ2) is 4.06. The summed E-state index contributed by atoms with van der Waals surface area (Å²) in [7, 11) is 0. The van der Waals surface area contributed by atoms with Gasteiger partial charge in [-0.2, -0.15) is 0 Å². The quantitative estimate of drug-likeness (QED) is 0.572. The van der Waals surface area contributed by atoms with Gasteiger partial charge < -0.3 is 5.73 Å². The number of imidazole rings is 2. The Morgan fingerprint density at radius 1 is 0.850 bits per heavy atom. The van der Waals surface area contributed by atoms with Crippen molar-refractivity contribution in [3.63, 3.8) is 0 Å². The maximum Gasteiger partial charge on any atom is 0.235 e. The fourth-order valence-electron chi connectivity index (χ4n) is 2.40. The zero-order valence-electron chi connectivity index (χ0n) is 10.7. The van der Waals surface area contributed by atoms with Crippen molar-refractivity contribution >= 4 is 22.5 Å².